The lowest BCUT2D eigenvalue weighted by molar-refractivity contribution is -0.0675. The third-order valence-electron chi connectivity index (χ3n) is 4.96. The maximum atomic E-state index is 12.6. The Hall–Kier alpha value is -0.960. The molecule has 2 saturated heterocycles. The van der Waals surface area contributed by atoms with E-state index in [0.29, 0.717) is 25.9 Å². The van der Waals surface area contributed by atoms with Crippen molar-refractivity contribution in [1.82, 2.24) is 4.72 Å². The highest BCUT2D eigenvalue weighted by Crippen LogP contribution is 2.36. The molecular weight excluding hydrogens is 350 g/mol. The molecule has 8 heteroatoms. The zero-order valence-corrected chi connectivity index (χ0v) is 15.5. The molecule has 2 aliphatic rings. The molecule has 24 heavy (non-hydrogen) atoms. The van der Waals surface area contributed by atoms with Gasteiger partial charge in [0.15, 0.2) is 9.84 Å². The monoisotopic (exact) mass is 373 g/mol. The summed E-state index contributed by atoms with van der Waals surface area (Å²) in [6, 6.07) is 4.74. The average Bonchev–Trinajstić information content (AvgIpc) is 2.76. The summed E-state index contributed by atoms with van der Waals surface area (Å²) in [5, 5.41) is 0. The van der Waals surface area contributed by atoms with Crippen molar-refractivity contribution in [2.45, 2.75) is 49.6 Å². The fourth-order valence-electron chi connectivity index (χ4n) is 3.46. The summed E-state index contributed by atoms with van der Waals surface area (Å²) in [5.74, 6) is 0.103. The van der Waals surface area contributed by atoms with Crippen LogP contribution in [0, 0.1) is 13.8 Å². The first kappa shape index (κ1) is 17.8. The Balaban J connectivity index is 1.76. The molecule has 134 valence electrons. The SMILES string of the molecule is Cc1ccc(S(=O)(=O)N[C@@H]2CCO[C@@]3(CCS(=O)(=O)C3)C2)cc1C. The van der Waals surface area contributed by atoms with E-state index in [2.05, 4.69) is 4.72 Å². The van der Waals surface area contributed by atoms with Gasteiger partial charge in [-0.25, -0.2) is 21.6 Å². The van der Waals surface area contributed by atoms with Gasteiger partial charge in [-0.3, -0.25) is 0 Å². The largest absolute Gasteiger partial charge is 0.374 e. The molecule has 1 aromatic carbocycles. The van der Waals surface area contributed by atoms with Crippen molar-refractivity contribution in [3.8, 4) is 0 Å². The first-order valence-corrected chi connectivity index (χ1v) is 11.4. The van der Waals surface area contributed by atoms with Crippen LogP contribution in [0.2, 0.25) is 0 Å². The Morgan fingerprint density at radius 1 is 1.25 bits per heavy atom. The molecule has 3 rings (SSSR count). The maximum absolute atomic E-state index is 12.6. The summed E-state index contributed by atoms with van der Waals surface area (Å²) in [7, 11) is -6.72. The van der Waals surface area contributed by atoms with Crippen molar-refractivity contribution < 1.29 is 21.6 Å². The first-order valence-electron chi connectivity index (χ1n) is 8.05. The lowest BCUT2D eigenvalue weighted by Crippen LogP contribution is -2.49. The van der Waals surface area contributed by atoms with Crippen LogP contribution < -0.4 is 4.72 Å². The van der Waals surface area contributed by atoms with Crippen molar-refractivity contribution in [3.63, 3.8) is 0 Å². The molecular formula is C16H23NO5S2. The summed E-state index contributed by atoms with van der Waals surface area (Å²) in [5.41, 5.74) is 1.23. The molecule has 1 aromatic rings. The maximum Gasteiger partial charge on any atom is 0.240 e. The van der Waals surface area contributed by atoms with Gasteiger partial charge < -0.3 is 4.74 Å². The van der Waals surface area contributed by atoms with E-state index in [1.54, 1.807) is 18.2 Å². The van der Waals surface area contributed by atoms with Gasteiger partial charge in [0.05, 0.1) is 22.0 Å². The van der Waals surface area contributed by atoms with E-state index in [9.17, 15) is 16.8 Å². The van der Waals surface area contributed by atoms with E-state index >= 15 is 0 Å². The quantitative estimate of drug-likeness (QED) is 0.863. The number of aryl methyl sites for hydroxylation is 2. The van der Waals surface area contributed by atoms with Crippen LogP contribution in [0.5, 0.6) is 0 Å². The van der Waals surface area contributed by atoms with Gasteiger partial charge in [-0.05, 0) is 56.4 Å². The molecule has 0 aromatic heterocycles. The average molecular weight is 373 g/mol. The molecule has 2 aliphatic heterocycles. The van der Waals surface area contributed by atoms with Crippen LogP contribution in [0.25, 0.3) is 0 Å². The number of hydrogen-bond acceptors (Lipinski definition) is 5. The van der Waals surface area contributed by atoms with E-state index < -0.39 is 25.5 Å². The van der Waals surface area contributed by atoms with Crippen molar-refractivity contribution in [3.05, 3.63) is 29.3 Å². The number of rotatable bonds is 3. The van der Waals surface area contributed by atoms with Gasteiger partial charge >= 0.3 is 0 Å². The van der Waals surface area contributed by atoms with E-state index in [-0.39, 0.29) is 22.4 Å². The van der Waals surface area contributed by atoms with Gasteiger partial charge in [0.2, 0.25) is 10.0 Å². The van der Waals surface area contributed by atoms with Gasteiger partial charge in [0, 0.05) is 12.6 Å². The summed E-state index contributed by atoms with van der Waals surface area (Å²) >= 11 is 0. The second-order valence-corrected chi connectivity index (χ2v) is 10.8. The molecule has 6 nitrogen and oxygen atoms in total. The zero-order chi connectivity index (χ0) is 17.6. The molecule has 1 N–H and O–H groups in total. The molecule has 2 fully saturated rings. The number of sulfonamides is 1. The summed E-state index contributed by atoms with van der Waals surface area (Å²) in [6.07, 6.45) is 1.39. The van der Waals surface area contributed by atoms with Crippen LogP contribution in [0.3, 0.4) is 0 Å². The highest BCUT2D eigenvalue weighted by Gasteiger charge is 2.47. The highest BCUT2D eigenvalue weighted by molar-refractivity contribution is 7.91. The van der Waals surface area contributed by atoms with E-state index in [1.807, 2.05) is 13.8 Å². The van der Waals surface area contributed by atoms with Crippen molar-refractivity contribution >= 4 is 19.9 Å². The third-order valence-corrected chi connectivity index (χ3v) is 8.27. The number of nitrogens with one attached hydrogen (secondary N) is 1. The zero-order valence-electron chi connectivity index (χ0n) is 13.9. The molecule has 0 unspecified atom stereocenters. The van der Waals surface area contributed by atoms with Gasteiger partial charge in [-0.1, -0.05) is 6.07 Å². The second kappa shape index (κ2) is 6.09. The molecule has 0 amide bonds. The van der Waals surface area contributed by atoms with E-state index in [4.69, 9.17) is 4.74 Å². The normalized spacial score (nSPS) is 29.8. The minimum absolute atomic E-state index is 0.0120. The first-order chi connectivity index (χ1) is 11.1. The van der Waals surface area contributed by atoms with Gasteiger partial charge in [-0.2, -0.15) is 0 Å². The molecule has 0 radical (unpaired) electrons. The Bertz CT molecular complexity index is 847. The minimum Gasteiger partial charge on any atom is -0.374 e. The van der Waals surface area contributed by atoms with Gasteiger partial charge in [-0.15, -0.1) is 0 Å². The molecule has 2 heterocycles. The number of hydrogen-bond donors (Lipinski definition) is 1. The van der Waals surface area contributed by atoms with Gasteiger partial charge in [0.25, 0.3) is 0 Å². The third kappa shape index (κ3) is 3.66. The number of ether oxygens (including phenoxy) is 1. The van der Waals surface area contributed by atoms with Crippen molar-refractivity contribution in [2.24, 2.45) is 0 Å². The smallest absolute Gasteiger partial charge is 0.240 e. The number of sulfone groups is 1. The lowest BCUT2D eigenvalue weighted by atomic mass is 9.90. The lowest BCUT2D eigenvalue weighted by Gasteiger charge is -2.37. The van der Waals surface area contributed by atoms with Crippen molar-refractivity contribution in [1.29, 1.82) is 0 Å². The Morgan fingerprint density at radius 3 is 2.62 bits per heavy atom. The Morgan fingerprint density at radius 2 is 2.00 bits per heavy atom. The predicted molar refractivity (Wildman–Crippen MR) is 91.2 cm³/mol. The summed E-state index contributed by atoms with van der Waals surface area (Å²) in [6.45, 7) is 4.18. The summed E-state index contributed by atoms with van der Waals surface area (Å²) in [4.78, 5) is 0.241. The van der Waals surface area contributed by atoms with Crippen LogP contribution >= 0.6 is 0 Å². The molecule has 0 saturated carbocycles. The van der Waals surface area contributed by atoms with Crippen LogP contribution in [-0.2, 0) is 24.6 Å². The van der Waals surface area contributed by atoms with E-state index in [1.165, 1.54) is 0 Å². The van der Waals surface area contributed by atoms with Crippen molar-refractivity contribution in [2.75, 3.05) is 18.1 Å². The number of benzene rings is 1. The Kier molecular flexibility index (Phi) is 4.53. The van der Waals surface area contributed by atoms with Crippen LogP contribution in [0.1, 0.15) is 30.4 Å². The second-order valence-electron chi connectivity index (χ2n) is 6.93. The fourth-order valence-corrected chi connectivity index (χ4v) is 6.79. The standard InChI is InChI=1S/C16H23NO5S2/c1-12-3-4-15(9-13(12)2)24(20,21)17-14-5-7-22-16(10-14)6-8-23(18,19)11-16/h3-4,9,14,17H,5-8,10-11H2,1-2H3/t14-,16+/m1/s1. The molecule has 0 bridgehead atoms. The van der Waals surface area contributed by atoms with Crippen LogP contribution in [0.4, 0.5) is 0 Å². The topological polar surface area (TPSA) is 89.5 Å². The van der Waals surface area contributed by atoms with Crippen LogP contribution in [-0.4, -0.2) is 46.6 Å². The predicted octanol–water partition coefficient (Wildman–Crippen LogP) is 1.32. The van der Waals surface area contributed by atoms with Gasteiger partial charge in [0.1, 0.15) is 0 Å². The molecule has 2 atom stereocenters. The summed E-state index contributed by atoms with van der Waals surface area (Å²) < 4.78 is 57.3. The fraction of sp³-hybridized carbons (Fsp3) is 0.625. The minimum atomic E-state index is -3.63. The molecule has 0 aliphatic carbocycles. The van der Waals surface area contributed by atoms with E-state index in [0.717, 1.165) is 11.1 Å². The Labute approximate surface area is 143 Å². The van der Waals surface area contributed by atoms with Crippen LogP contribution in [0.15, 0.2) is 23.1 Å². The molecule has 1 spiro atoms. The highest BCUT2D eigenvalue weighted by atomic mass is 32.2.